The number of nitrogens with zero attached hydrogens (tertiary/aromatic N) is 1. The van der Waals surface area contributed by atoms with Gasteiger partial charge < -0.3 is 9.47 Å². The standard InChI is InChI=1S/C18H25NO6S2/c1-11-14(16(20)24-2)18(26-15(11)17(21)25-3)27(22,23)19-9-8-12-6-4-5-7-13(12)10-19/h12-13H,4-10H2,1-3H3. The van der Waals surface area contributed by atoms with E-state index in [1.807, 2.05) is 0 Å². The summed E-state index contributed by atoms with van der Waals surface area (Å²) in [5, 5.41) is 0. The molecule has 2 unspecified atom stereocenters. The molecule has 3 rings (SSSR count). The smallest absolute Gasteiger partial charge is 0.348 e. The minimum Gasteiger partial charge on any atom is -0.465 e. The molecule has 0 bridgehead atoms. The molecule has 1 aliphatic heterocycles. The highest BCUT2D eigenvalue weighted by Gasteiger charge is 2.40. The first-order valence-corrected chi connectivity index (χ1v) is 11.4. The first-order chi connectivity index (χ1) is 12.8. The number of hydrogen-bond donors (Lipinski definition) is 0. The predicted molar refractivity (Wildman–Crippen MR) is 101 cm³/mol. The molecule has 1 aromatic rings. The molecule has 2 fully saturated rings. The number of fused-ring (bicyclic) bond motifs is 1. The molecule has 1 aromatic heterocycles. The Labute approximate surface area is 163 Å². The Kier molecular flexibility index (Phi) is 5.93. The zero-order valence-electron chi connectivity index (χ0n) is 15.8. The Hall–Kier alpha value is -1.45. The van der Waals surface area contributed by atoms with Gasteiger partial charge in [0, 0.05) is 13.1 Å². The van der Waals surface area contributed by atoms with Gasteiger partial charge >= 0.3 is 11.9 Å². The van der Waals surface area contributed by atoms with Crippen molar-refractivity contribution in [1.29, 1.82) is 0 Å². The van der Waals surface area contributed by atoms with Gasteiger partial charge in [-0.1, -0.05) is 19.3 Å². The molecule has 0 spiro atoms. The van der Waals surface area contributed by atoms with E-state index in [2.05, 4.69) is 0 Å². The lowest BCUT2D eigenvalue weighted by Gasteiger charge is -2.40. The van der Waals surface area contributed by atoms with Crippen LogP contribution in [0.15, 0.2) is 4.21 Å². The summed E-state index contributed by atoms with van der Waals surface area (Å²) < 4.78 is 37.6. The molecule has 7 nitrogen and oxygen atoms in total. The van der Waals surface area contributed by atoms with Gasteiger partial charge in [0.25, 0.3) is 10.0 Å². The summed E-state index contributed by atoms with van der Waals surface area (Å²) in [6.45, 7) is 2.45. The highest BCUT2D eigenvalue weighted by atomic mass is 32.2. The number of sulfonamides is 1. The number of piperidine rings is 1. The Morgan fingerprint density at radius 1 is 1.04 bits per heavy atom. The van der Waals surface area contributed by atoms with E-state index in [-0.39, 0.29) is 20.2 Å². The molecule has 27 heavy (non-hydrogen) atoms. The highest BCUT2D eigenvalue weighted by molar-refractivity contribution is 7.91. The highest BCUT2D eigenvalue weighted by Crippen LogP contribution is 2.40. The summed E-state index contributed by atoms with van der Waals surface area (Å²) in [4.78, 5) is 24.4. The van der Waals surface area contributed by atoms with Gasteiger partial charge in [-0.2, -0.15) is 4.31 Å². The van der Waals surface area contributed by atoms with Crippen molar-refractivity contribution in [2.45, 2.75) is 43.2 Å². The SMILES string of the molecule is COC(=O)c1sc(S(=O)(=O)N2CCC3CCCCC3C2)c(C(=O)OC)c1C. The molecule has 0 radical (unpaired) electrons. The number of hydrogen-bond acceptors (Lipinski definition) is 7. The van der Waals surface area contributed by atoms with Crippen molar-refractivity contribution in [1.82, 2.24) is 4.31 Å². The summed E-state index contributed by atoms with van der Waals surface area (Å²) in [7, 11) is -1.48. The van der Waals surface area contributed by atoms with Crippen molar-refractivity contribution in [2.24, 2.45) is 11.8 Å². The van der Waals surface area contributed by atoms with Crippen molar-refractivity contribution in [3.63, 3.8) is 0 Å². The lowest BCUT2D eigenvalue weighted by atomic mass is 9.76. The third kappa shape index (κ3) is 3.64. The molecule has 0 N–H and O–H groups in total. The average molecular weight is 416 g/mol. The number of carbonyl (C=O) groups is 2. The van der Waals surface area contributed by atoms with Crippen LogP contribution < -0.4 is 0 Å². The van der Waals surface area contributed by atoms with E-state index in [0.717, 1.165) is 37.0 Å². The maximum absolute atomic E-state index is 13.4. The Balaban J connectivity index is 2.00. The van der Waals surface area contributed by atoms with Crippen molar-refractivity contribution in [3.8, 4) is 0 Å². The summed E-state index contributed by atoms with van der Waals surface area (Å²) >= 11 is 0.787. The maximum Gasteiger partial charge on any atom is 0.348 e. The topological polar surface area (TPSA) is 90.0 Å². The van der Waals surface area contributed by atoms with Gasteiger partial charge in [-0.3, -0.25) is 0 Å². The van der Waals surface area contributed by atoms with Gasteiger partial charge in [0.05, 0.1) is 19.8 Å². The van der Waals surface area contributed by atoms with Crippen LogP contribution >= 0.6 is 11.3 Å². The van der Waals surface area contributed by atoms with E-state index in [9.17, 15) is 18.0 Å². The van der Waals surface area contributed by atoms with E-state index in [4.69, 9.17) is 9.47 Å². The Morgan fingerprint density at radius 2 is 1.67 bits per heavy atom. The molecule has 2 aliphatic rings. The number of methoxy groups -OCH3 is 2. The monoisotopic (exact) mass is 415 g/mol. The second-order valence-electron chi connectivity index (χ2n) is 7.16. The van der Waals surface area contributed by atoms with E-state index in [1.54, 1.807) is 6.92 Å². The van der Waals surface area contributed by atoms with Crippen molar-refractivity contribution >= 4 is 33.3 Å². The third-order valence-corrected chi connectivity index (χ3v) is 9.34. The van der Waals surface area contributed by atoms with Gasteiger partial charge in [0.15, 0.2) is 4.21 Å². The van der Waals surface area contributed by atoms with E-state index in [0.29, 0.717) is 24.9 Å². The zero-order chi connectivity index (χ0) is 19.8. The molecule has 9 heteroatoms. The average Bonchev–Trinajstić information content (AvgIpc) is 3.04. The fraction of sp³-hybridized carbons (Fsp3) is 0.667. The molecule has 150 valence electrons. The lowest BCUT2D eigenvalue weighted by Crippen LogP contribution is -2.44. The molecule has 1 saturated heterocycles. The second-order valence-corrected chi connectivity index (χ2v) is 10.3. The fourth-order valence-corrected chi connectivity index (χ4v) is 7.59. The molecule has 2 atom stereocenters. The van der Waals surface area contributed by atoms with Gasteiger partial charge in [-0.15, -0.1) is 11.3 Å². The molecular weight excluding hydrogens is 390 g/mol. The first-order valence-electron chi connectivity index (χ1n) is 9.11. The van der Waals surface area contributed by atoms with Crippen LogP contribution in [0.5, 0.6) is 0 Å². The second kappa shape index (κ2) is 7.89. The minimum atomic E-state index is -3.90. The van der Waals surface area contributed by atoms with Crippen molar-refractivity contribution in [3.05, 3.63) is 16.0 Å². The number of thiophene rings is 1. The van der Waals surface area contributed by atoms with Crippen LogP contribution in [-0.4, -0.2) is 52.0 Å². The maximum atomic E-state index is 13.4. The number of ether oxygens (including phenoxy) is 2. The number of rotatable bonds is 4. The van der Waals surface area contributed by atoms with Gasteiger partial charge in [-0.25, -0.2) is 18.0 Å². The van der Waals surface area contributed by atoms with Gasteiger partial charge in [0.1, 0.15) is 4.88 Å². The van der Waals surface area contributed by atoms with E-state index < -0.39 is 22.0 Å². The molecule has 0 amide bonds. The summed E-state index contributed by atoms with van der Waals surface area (Å²) in [6, 6.07) is 0. The molecule has 1 aliphatic carbocycles. The van der Waals surface area contributed by atoms with Crippen LogP contribution in [0.25, 0.3) is 0 Å². The fourth-order valence-electron chi connectivity index (χ4n) is 4.20. The van der Waals surface area contributed by atoms with Gasteiger partial charge in [-0.05, 0) is 37.2 Å². The Morgan fingerprint density at radius 3 is 2.30 bits per heavy atom. The van der Waals surface area contributed by atoms with E-state index in [1.165, 1.54) is 24.9 Å². The van der Waals surface area contributed by atoms with Crippen LogP contribution in [0.2, 0.25) is 0 Å². The van der Waals surface area contributed by atoms with E-state index >= 15 is 0 Å². The lowest BCUT2D eigenvalue weighted by molar-refractivity contribution is 0.0596. The quantitative estimate of drug-likeness (QED) is 0.703. The van der Waals surface area contributed by atoms with Crippen LogP contribution in [0.4, 0.5) is 0 Å². The minimum absolute atomic E-state index is 0.0614. The van der Waals surface area contributed by atoms with Crippen LogP contribution in [0.3, 0.4) is 0 Å². The largest absolute Gasteiger partial charge is 0.465 e. The van der Waals surface area contributed by atoms with Crippen molar-refractivity contribution < 1.29 is 27.5 Å². The van der Waals surface area contributed by atoms with Crippen LogP contribution in [0.1, 0.15) is 57.7 Å². The summed E-state index contributed by atoms with van der Waals surface area (Å²) in [5.74, 6) is -0.467. The first kappa shape index (κ1) is 20.3. The predicted octanol–water partition coefficient (Wildman–Crippen LogP) is 2.83. The summed E-state index contributed by atoms with van der Waals surface area (Å²) in [5.41, 5.74) is 0.221. The van der Waals surface area contributed by atoms with Gasteiger partial charge in [0.2, 0.25) is 0 Å². The molecule has 1 saturated carbocycles. The number of esters is 2. The molecule has 2 heterocycles. The third-order valence-electron chi connectivity index (χ3n) is 5.70. The van der Waals surface area contributed by atoms with Crippen LogP contribution in [0, 0.1) is 18.8 Å². The number of carbonyl (C=O) groups excluding carboxylic acids is 2. The Bertz CT molecular complexity index is 844. The normalized spacial score (nSPS) is 23.5. The molecular formula is C18H25NO6S2. The van der Waals surface area contributed by atoms with Crippen molar-refractivity contribution in [2.75, 3.05) is 27.3 Å². The summed E-state index contributed by atoms with van der Waals surface area (Å²) in [6.07, 6.45) is 5.39. The van der Waals surface area contributed by atoms with Crippen LogP contribution in [-0.2, 0) is 19.5 Å². The zero-order valence-corrected chi connectivity index (χ0v) is 17.5. The molecule has 0 aromatic carbocycles.